The van der Waals surface area contributed by atoms with Crippen LogP contribution >= 0.6 is 0 Å². The van der Waals surface area contributed by atoms with Gasteiger partial charge in [-0.3, -0.25) is 0 Å². The molecule has 120 valence electrons. The Hall–Kier alpha value is -0.950. The number of benzene rings is 1. The van der Waals surface area contributed by atoms with Gasteiger partial charge in [-0.15, -0.1) is 0 Å². The smallest absolute Gasteiger partial charge is 0.240 e. The van der Waals surface area contributed by atoms with Crippen molar-refractivity contribution < 1.29 is 13.5 Å². The lowest BCUT2D eigenvalue weighted by Crippen LogP contribution is -2.36. The van der Waals surface area contributed by atoms with E-state index in [0.29, 0.717) is 24.7 Å². The van der Waals surface area contributed by atoms with Crippen molar-refractivity contribution in [3.05, 3.63) is 29.3 Å². The van der Waals surface area contributed by atoms with Gasteiger partial charge in [-0.25, -0.2) is 13.1 Å². The Labute approximate surface area is 128 Å². The van der Waals surface area contributed by atoms with Gasteiger partial charge in [-0.2, -0.15) is 0 Å². The van der Waals surface area contributed by atoms with Crippen molar-refractivity contribution in [2.75, 3.05) is 20.1 Å². The second-order valence-electron chi connectivity index (χ2n) is 5.41. The van der Waals surface area contributed by atoms with Gasteiger partial charge in [-0.05, 0) is 50.6 Å². The zero-order valence-corrected chi connectivity index (χ0v) is 14.1. The van der Waals surface area contributed by atoms with Gasteiger partial charge < -0.3 is 10.0 Å². The van der Waals surface area contributed by atoms with Crippen molar-refractivity contribution in [1.82, 2.24) is 9.62 Å². The molecule has 0 aromatic heterocycles. The monoisotopic (exact) mass is 314 g/mol. The number of hydrogen-bond donors (Lipinski definition) is 2. The maximum Gasteiger partial charge on any atom is 0.240 e. The molecule has 1 aromatic rings. The van der Waals surface area contributed by atoms with E-state index in [-0.39, 0.29) is 11.5 Å². The fourth-order valence-corrected chi connectivity index (χ4v) is 3.03. The van der Waals surface area contributed by atoms with E-state index >= 15 is 0 Å². The minimum atomic E-state index is -3.53. The number of hydrogen-bond acceptors (Lipinski definition) is 4. The summed E-state index contributed by atoms with van der Waals surface area (Å²) in [5.41, 5.74) is 1.63. The van der Waals surface area contributed by atoms with Gasteiger partial charge in [0.1, 0.15) is 0 Å². The van der Waals surface area contributed by atoms with Crippen LogP contribution in [0.2, 0.25) is 0 Å². The van der Waals surface area contributed by atoms with E-state index in [4.69, 9.17) is 0 Å². The second kappa shape index (κ2) is 7.89. The summed E-state index contributed by atoms with van der Waals surface area (Å²) >= 11 is 0. The molecule has 0 aliphatic heterocycles. The van der Waals surface area contributed by atoms with Crippen LogP contribution in [0.3, 0.4) is 0 Å². The average molecular weight is 314 g/mol. The first-order valence-electron chi connectivity index (χ1n) is 7.24. The van der Waals surface area contributed by atoms with Crippen molar-refractivity contribution in [2.45, 2.75) is 44.7 Å². The molecule has 0 atom stereocenters. The van der Waals surface area contributed by atoms with Gasteiger partial charge >= 0.3 is 0 Å². The lowest BCUT2D eigenvalue weighted by atomic mass is 10.1. The summed E-state index contributed by atoms with van der Waals surface area (Å²) in [5.74, 6) is 0. The van der Waals surface area contributed by atoms with Gasteiger partial charge in [-0.1, -0.05) is 13.0 Å². The van der Waals surface area contributed by atoms with Gasteiger partial charge in [0.25, 0.3) is 0 Å². The molecule has 0 amide bonds. The fraction of sp³-hybridized carbons (Fsp3) is 0.600. The summed E-state index contributed by atoms with van der Waals surface area (Å²) in [6.07, 6.45) is 0.767. The summed E-state index contributed by atoms with van der Waals surface area (Å²) in [5, 5.41) is 9.33. The van der Waals surface area contributed by atoms with E-state index in [0.717, 1.165) is 12.0 Å². The molecule has 0 fully saturated rings. The van der Waals surface area contributed by atoms with Crippen molar-refractivity contribution in [1.29, 1.82) is 0 Å². The molecule has 21 heavy (non-hydrogen) atoms. The molecule has 5 nitrogen and oxygen atoms in total. The largest absolute Gasteiger partial charge is 0.392 e. The van der Waals surface area contributed by atoms with E-state index in [1.807, 2.05) is 14.0 Å². The number of aliphatic hydroxyl groups is 1. The van der Waals surface area contributed by atoms with Crippen molar-refractivity contribution in [3.8, 4) is 0 Å². The molecule has 0 saturated carbocycles. The van der Waals surface area contributed by atoms with Crippen LogP contribution in [0.4, 0.5) is 0 Å². The first-order valence-corrected chi connectivity index (χ1v) is 8.72. The van der Waals surface area contributed by atoms with E-state index in [2.05, 4.69) is 23.5 Å². The maximum absolute atomic E-state index is 12.2. The molecule has 1 rings (SSSR count). The van der Waals surface area contributed by atoms with Crippen molar-refractivity contribution in [2.24, 2.45) is 0 Å². The summed E-state index contributed by atoms with van der Waals surface area (Å²) in [7, 11) is -1.57. The van der Waals surface area contributed by atoms with E-state index in [9.17, 15) is 13.5 Å². The third-order valence-electron chi connectivity index (χ3n) is 3.68. The van der Waals surface area contributed by atoms with Crippen LogP contribution in [0, 0.1) is 0 Å². The molecule has 6 heteroatoms. The number of aryl methyl sites for hydroxylation is 1. The number of nitrogens with zero attached hydrogens (tertiary/aromatic N) is 1. The third-order valence-corrected chi connectivity index (χ3v) is 5.14. The molecule has 0 heterocycles. The average Bonchev–Trinajstić information content (AvgIpc) is 2.45. The topological polar surface area (TPSA) is 69.6 Å². The van der Waals surface area contributed by atoms with Crippen molar-refractivity contribution in [3.63, 3.8) is 0 Å². The Morgan fingerprint density at radius 1 is 1.29 bits per heavy atom. The Morgan fingerprint density at radius 3 is 2.48 bits per heavy atom. The number of likely N-dealkylation sites (N-methyl/N-ethyl adjacent to an activating group) is 1. The van der Waals surface area contributed by atoms with Crippen LogP contribution in [-0.2, 0) is 23.1 Å². The molecule has 0 saturated heterocycles. The number of sulfonamides is 1. The molecule has 0 aliphatic rings. The SMILES string of the molecule is CCc1ccc(S(=O)(=O)NCCN(C)C(C)C)cc1CO. The number of rotatable bonds is 8. The molecular formula is C15H26N2O3S. The van der Waals surface area contributed by atoms with Crippen LogP contribution < -0.4 is 4.72 Å². The minimum absolute atomic E-state index is 0.150. The predicted octanol–water partition coefficient (Wildman–Crippen LogP) is 1.36. The molecule has 0 aliphatic carbocycles. The summed E-state index contributed by atoms with van der Waals surface area (Å²) in [4.78, 5) is 2.28. The van der Waals surface area contributed by atoms with Gasteiger partial charge in [0.05, 0.1) is 11.5 Å². The number of nitrogens with one attached hydrogen (secondary N) is 1. The molecule has 0 unspecified atom stereocenters. The Bertz CT molecular complexity index is 556. The number of aliphatic hydroxyl groups excluding tert-OH is 1. The van der Waals surface area contributed by atoms with E-state index in [1.54, 1.807) is 18.2 Å². The highest BCUT2D eigenvalue weighted by atomic mass is 32.2. The van der Waals surface area contributed by atoms with Crippen LogP contribution in [0.25, 0.3) is 0 Å². The van der Waals surface area contributed by atoms with Crippen molar-refractivity contribution >= 4 is 10.0 Å². The lowest BCUT2D eigenvalue weighted by Gasteiger charge is -2.21. The highest BCUT2D eigenvalue weighted by Crippen LogP contribution is 2.16. The predicted molar refractivity (Wildman–Crippen MR) is 84.7 cm³/mol. The quantitative estimate of drug-likeness (QED) is 0.760. The Kier molecular flexibility index (Phi) is 6.80. The maximum atomic E-state index is 12.2. The first-order chi connectivity index (χ1) is 9.81. The summed E-state index contributed by atoms with van der Waals surface area (Å²) in [6, 6.07) is 5.28. The standard InChI is InChI=1S/C15H26N2O3S/c1-5-13-6-7-15(10-14(13)11-18)21(19,20)16-8-9-17(4)12(2)3/h6-7,10,12,16,18H,5,8-9,11H2,1-4H3. The Balaban J connectivity index is 2.79. The molecule has 0 radical (unpaired) electrons. The van der Waals surface area contributed by atoms with Crippen LogP contribution in [0.5, 0.6) is 0 Å². The summed E-state index contributed by atoms with van der Waals surface area (Å²) < 4.78 is 27.1. The van der Waals surface area contributed by atoms with Crippen LogP contribution in [0.1, 0.15) is 31.9 Å². The highest BCUT2D eigenvalue weighted by molar-refractivity contribution is 7.89. The van der Waals surface area contributed by atoms with E-state index in [1.165, 1.54) is 0 Å². The molecule has 1 aromatic carbocycles. The van der Waals surface area contributed by atoms with Gasteiger partial charge in [0.15, 0.2) is 0 Å². The third kappa shape index (κ3) is 5.07. The lowest BCUT2D eigenvalue weighted by molar-refractivity contribution is 0.278. The van der Waals surface area contributed by atoms with Crippen LogP contribution in [-0.4, -0.2) is 44.6 Å². The Morgan fingerprint density at radius 2 is 1.95 bits per heavy atom. The molecular weight excluding hydrogens is 288 g/mol. The molecule has 0 bridgehead atoms. The van der Waals surface area contributed by atoms with Crippen LogP contribution in [0.15, 0.2) is 23.1 Å². The first kappa shape index (κ1) is 18.1. The summed E-state index contributed by atoms with van der Waals surface area (Å²) in [6.45, 7) is 6.96. The fourth-order valence-electron chi connectivity index (χ4n) is 1.96. The second-order valence-corrected chi connectivity index (χ2v) is 7.18. The van der Waals surface area contributed by atoms with Gasteiger partial charge in [0.2, 0.25) is 10.0 Å². The zero-order chi connectivity index (χ0) is 16.0. The minimum Gasteiger partial charge on any atom is -0.392 e. The normalized spacial score (nSPS) is 12.3. The highest BCUT2D eigenvalue weighted by Gasteiger charge is 2.15. The van der Waals surface area contributed by atoms with E-state index < -0.39 is 10.0 Å². The van der Waals surface area contributed by atoms with Gasteiger partial charge in [0, 0.05) is 19.1 Å². The molecule has 2 N–H and O–H groups in total. The molecule has 0 spiro atoms. The zero-order valence-electron chi connectivity index (χ0n) is 13.3.